The highest BCUT2D eigenvalue weighted by atomic mass is 35.5. The largest absolute Gasteiger partial charge is 0.316 e. The van der Waals surface area contributed by atoms with Crippen LogP contribution in [0.5, 0.6) is 0 Å². The molecule has 1 aliphatic heterocycles. The van der Waals surface area contributed by atoms with Crippen molar-refractivity contribution in [3.05, 3.63) is 29.3 Å². The maximum absolute atomic E-state index is 12.4. The lowest BCUT2D eigenvalue weighted by molar-refractivity contribution is 0.376. The summed E-state index contributed by atoms with van der Waals surface area (Å²) in [6, 6.07) is 5.48. The molecule has 1 aromatic rings. The van der Waals surface area contributed by atoms with Gasteiger partial charge in [-0.2, -0.15) is 0 Å². The Bertz CT molecular complexity index is 570. The zero-order chi connectivity index (χ0) is 15.3. The third-order valence-electron chi connectivity index (χ3n) is 4.21. The second kappa shape index (κ2) is 8.87. The fourth-order valence-corrected chi connectivity index (χ4v) is 4.02. The van der Waals surface area contributed by atoms with Crippen molar-refractivity contribution in [1.82, 2.24) is 10.0 Å². The van der Waals surface area contributed by atoms with Crippen molar-refractivity contribution >= 4 is 22.4 Å². The highest BCUT2D eigenvalue weighted by molar-refractivity contribution is 7.89. The van der Waals surface area contributed by atoms with E-state index in [-0.39, 0.29) is 12.4 Å². The van der Waals surface area contributed by atoms with E-state index >= 15 is 0 Å². The van der Waals surface area contributed by atoms with Gasteiger partial charge in [-0.25, -0.2) is 13.1 Å². The minimum atomic E-state index is -3.40. The van der Waals surface area contributed by atoms with Crippen molar-refractivity contribution < 1.29 is 8.42 Å². The lowest BCUT2D eigenvalue weighted by Gasteiger charge is -2.23. The van der Waals surface area contributed by atoms with Crippen molar-refractivity contribution in [3.63, 3.8) is 0 Å². The van der Waals surface area contributed by atoms with Gasteiger partial charge in [-0.1, -0.05) is 19.9 Å². The van der Waals surface area contributed by atoms with Gasteiger partial charge in [0.2, 0.25) is 10.0 Å². The molecule has 22 heavy (non-hydrogen) atoms. The first-order chi connectivity index (χ1) is 10.1. The standard InChI is InChI=1S/C16H26N2O2S.ClH/c1-3-14-7-8-16(10-15(14)4-2)21(19,20)18-12-13-6-5-9-17-11-13;/h7-8,10,13,17-18H,3-6,9,11-12H2,1-2H3;1H. The number of halogens is 1. The normalized spacial score (nSPS) is 18.7. The molecule has 0 amide bonds. The fourth-order valence-electron chi connectivity index (χ4n) is 2.85. The molecule has 1 aliphatic rings. The number of rotatable bonds is 6. The number of benzene rings is 1. The average molecular weight is 347 g/mol. The van der Waals surface area contributed by atoms with Gasteiger partial charge >= 0.3 is 0 Å². The summed E-state index contributed by atoms with van der Waals surface area (Å²) in [4.78, 5) is 0.389. The zero-order valence-corrected chi connectivity index (χ0v) is 15.0. The smallest absolute Gasteiger partial charge is 0.240 e. The third-order valence-corrected chi connectivity index (χ3v) is 5.63. The number of nitrogens with one attached hydrogen (secondary N) is 2. The van der Waals surface area contributed by atoms with E-state index in [0.717, 1.165) is 44.3 Å². The predicted molar refractivity (Wildman–Crippen MR) is 93.2 cm³/mol. The molecule has 4 nitrogen and oxygen atoms in total. The Kier molecular flexibility index (Phi) is 7.83. The van der Waals surface area contributed by atoms with Crippen LogP contribution in [-0.4, -0.2) is 28.1 Å². The number of hydrogen-bond acceptors (Lipinski definition) is 3. The highest BCUT2D eigenvalue weighted by Gasteiger charge is 2.19. The van der Waals surface area contributed by atoms with Crippen LogP contribution < -0.4 is 10.0 Å². The van der Waals surface area contributed by atoms with Gasteiger partial charge in [-0.05, 0) is 68.0 Å². The van der Waals surface area contributed by atoms with Crippen LogP contribution in [0.1, 0.15) is 37.8 Å². The van der Waals surface area contributed by atoms with Crippen LogP contribution in [0.3, 0.4) is 0 Å². The van der Waals surface area contributed by atoms with E-state index in [4.69, 9.17) is 0 Å². The maximum atomic E-state index is 12.4. The summed E-state index contributed by atoms with van der Waals surface area (Å²) in [7, 11) is -3.40. The van der Waals surface area contributed by atoms with Crippen LogP contribution in [0.2, 0.25) is 0 Å². The van der Waals surface area contributed by atoms with E-state index in [1.165, 1.54) is 5.56 Å². The number of sulfonamides is 1. The van der Waals surface area contributed by atoms with Gasteiger partial charge in [0.15, 0.2) is 0 Å². The molecule has 1 unspecified atom stereocenters. The van der Waals surface area contributed by atoms with Crippen LogP contribution in [0, 0.1) is 5.92 Å². The van der Waals surface area contributed by atoms with Gasteiger partial charge in [0.05, 0.1) is 4.90 Å². The first-order valence-electron chi connectivity index (χ1n) is 7.89. The molecule has 0 bridgehead atoms. The monoisotopic (exact) mass is 346 g/mol. The molecule has 6 heteroatoms. The van der Waals surface area contributed by atoms with Crippen molar-refractivity contribution in [2.45, 2.75) is 44.4 Å². The molecular weight excluding hydrogens is 320 g/mol. The second-order valence-electron chi connectivity index (χ2n) is 5.70. The molecule has 2 rings (SSSR count). The fraction of sp³-hybridized carbons (Fsp3) is 0.625. The SMILES string of the molecule is CCc1ccc(S(=O)(=O)NCC2CCCNC2)cc1CC.Cl. The highest BCUT2D eigenvalue weighted by Crippen LogP contribution is 2.18. The summed E-state index contributed by atoms with van der Waals surface area (Å²) in [6.07, 6.45) is 4.01. The van der Waals surface area contributed by atoms with Crippen LogP contribution >= 0.6 is 12.4 Å². The molecule has 0 saturated carbocycles. The van der Waals surface area contributed by atoms with Gasteiger partial charge in [0.25, 0.3) is 0 Å². The number of hydrogen-bond donors (Lipinski definition) is 2. The molecule has 0 aromatic heterocycles. The first-order valence-corrected chi connectivity index (χ1v) is 9.37. The molecule has 1 fully saturated rings. The second-order valence-corrected chi connectivity index (χ2v) is 7.47. The summed E-state index contributed by atoms with van der Waals surface area (Å²) in [5, 5.41) is 3.31. The predicted octanol–water partition coefficient (Wildman–Crippen LogP) is 2.51. The zero-order valence-electron chi connectivity index (χ0n) is 13.4. The topological polar surface area (TPSA) is 58.2 Å². The van der Waals surface area contributed by atoms with Gasteiger partial charge < -0.3 is 5.32 Å². The van der Waals surface area contributed by atoms with Gasteiger partial charge in [0.1, 0.15) is 0 Å². The molecule has 0 spiro atoms. The summed E-state index contributed by atoms with van der Waals surface area (Å²) in [5.74, 6) is 0.397. The van der Waals surface area contributed by atoms with E-state index in [1.54, 1.807) is 6.07 Å². The Hall–Kier alpha value is -0.620. The molecule has 0 radical (unpaired) electrons. The Morgan fingerprint density at radius 3 is 2.55 bits per heavy atom. The molecule has 2 N–H and O–H groups in total. The Morgan fingerprint density at radius 2 is 1.95 bits per heavy atom. The molecule has 1 heterocycles. The summed E-state index contributed by atoms with van der Waals surface area (Å²) < 4.78 is 27.6. The molecule has 1 saturated heterocycles. The molecule has 1 atom stereocenters. The minimum Gasteiger partial charge on any atom is -0.316 e. The van der Waals surface area contributed by atoms with Crippen LogP contribution in [0.4, 0.5) is 0 Å². The Morgan fingerprint density at radius 1 is 1.23 bits per heavy atom. The lowest BCUT2D eigenvalue weighted by Crippen LogP contribution is -2.38. The van der Waals surface area contributed by atoms with Crippen LogP contribution in [-0.2, 0) is 22.9 Å². The molecule has 126 valence electrons. The third kappa shape index (κ3) is 4.95. The average Bonchev–Trinajstić information content (AvgIpc) is 2.53. The van der Waals surface area contributed by atoms with E-state index < -0.39 is 10.0 Å². The maximum Gasteiger partial charge on any atom is 0.240 e. The van der Waals surface area contributed by atoms with Gasteiger partial charge in [-0.15, -0.1) is 12.4 Å². The Balaban J connectivity index is 0.00000242. The van der Waals surface area contributed by atoms with E-state index in [1.807, 2.05) is 12.1 Å². The van der Waals surface area contributed by atoms with Gasteiger partial charge in [-0.3, -0.25) is 0 Å². The van der Waals surface area contributed by atoms with E-state index in [0.29, 0.717) is 17.4 Å². The first kappa shape index (κ1) is 19.4. The quantitative estimate of drug-likeness (QED) is 0.832. The number of aryl methyl sites for hydroxylation is 2. The van der Waals surface area contributed by atoms with Crippen LogP contribution in [0.15, 0.2) is 23.1 Å². The van der Waals surface area contributed by atoms with Crippen molar-refractivity contribution in [1.29, 1.82) is 0 Å². The minimum absolute atomic E-state index is 0. The van der Waals surface area contributed by atoms with Crippen molar-refractivity contribution in [2.75, 3.05) is 19.6 Å². The van der Waals surface area contributed by atoms with E-state index in [2.05, 4.69) is 23.9 Å². The number of piperidine rings is 1. The lowest BCUT2D eigenvalue weighted by atomic mass is 10.0. The van der Waals surface area contributed by atoms with Crippen molar-refractivity contribution in [3.8, 4) is 0 Å². The Labute approximate surface area is 140 Å². The van der Waals surface area contributed by atoms with E-state index in [9.17, 15) is 8.42 Å². The molecule has 1 aromatic carbocycles. The van der Waals surface area contributed by atoms with Gasteiger partial charge in [0, 0.05) is 6.54 Å². The summed E-state index contributed by atoms with van der Waals surface area (Å²) >= 11 is 0. The van der Waals surface area contributed by atoms with Crippen molar-refractivity contribution in [2.24, 2.45) is 5.92 Å². The molecule has 0 aliphatic carbocycles. The summed E-state index contributed by atoms with van der Waals surface area (Å²) in [5.41, 5.74) is 2.35. The van der Waals surface area contributed by atoms with Crippen LogP contribution in [0.25, 0.3) is 0 Å². The molecular formula is C16H27ClN2O2S. The summed E-state index contributed by atoms with van der Waals surface area (Å²) in [6.45, 7) is 6.62.